The van der Waals surface area contributed by atoms with Crippen LogP contribution in [0.4, 0.5) is 25.0 Å². The van der Waals surface area contributed by atoms with E-state index >= 15 is 8.78 Å². The normalized spacial score (nSPS) is 19.6. The van der Waals surface area contributed by atoms with Gasteiger partial charge in [0.05, 0.1) is 31.9 Å². The van der Waals surface area contributed by atoms with Crippen LogP contribution >= 0.6 is 0 Å². The van der Waals surface area contributed by atoms with Crippen LogP contribution in [0.2, 0.25) is 0 Å². The Morgan fingerprint density at radius 1 is 0.846 bits per heavy atom. The van der Waals surface area contributed by atoms with Gasteiger partial charge in [-0.1, -0.05) is 0 Å². The summed E-state index contributed by atoms with van der Waals surface area (Å²) in [5.41, 5.74) is 11.3. The number of morpholine rings is 1. The quantitative estimate of drug-likeness (QED) is 0.201. The lowest BCUT2D eigenvalue weighted by Crippen LogP contribution is -2.50. The maximum absolute atomic E-state index is 15.2. The molecular formula is C25H30F2N8O4. The lowest BCUT2D eigenvalue weighted by Gasteiger charge is -2.35. The molecular weight excluding hydrogens is 514 g/mol. The fourth-order valence-corrected chi connectivity index (χ4v) is 4.47. The van der Waals surface area contributed by atoms with E-state index in [0.717, 1.165) is 6.07 Å². The number of ether oxygens (including phenoxy) is 2. The van der Waals surface area contributed by atoms with Crippen LogP contribution in [0.25, 0.3) is 11.1 Å². The van der Waals surface area contributed by atoms with E-state index < -0.39 is 35.9 Å². The molecule has 2 atom stereocenters. The number of cyclic esters (lactones) is 2. The Morgan fingerprint density at radius 3 is 1.95 bits per heavy atom. The van der Waals surface area contributed by atoms with Crippen molar-refractivity contribution in [2.24, 2.45) is 23.2 Å². The molecule has 0 saturated carbocycles. The number of esters is 1. The first-order chi connectivity index (χ1) is 18.7. The third-order valence-corrected chi connectivity index (χ3v) is 6.17. The fourth-order valence-electron chi connectivity index (χ4n) is 4.47. The van der Waals surface area contributed by atoms with E-state index in [2.05, 4.69) is 0 Å². The minimum atomic E-state index is -0.723. The summed E-state index contributed by atoms with van der Waals surface area (Å²) in [6.45, 7) is 0.730. The Labute approximate surface area is 223 Å². The van der Waals surface area contributed by atoms with Crippen molar-refractivity contribution >= 4 is 23.4 Å². The van der Waals surface area contributed by atoms with Crippen molar-refractivity contribution in [1.29, 1.82) is 0 Å². The van der Waals surface area contributed by atoms with Gasteiger partial charge in [-0.25, -0.2) is 25.3 Å². The summed E-state index contributed by atoms with van der Waals surface area (Å²) in [6.07, 6.45) is 3.60. The van der Waals surface area contributed by atoms with Crippen molar-refractivity contribution < 1.29 is 27.8 Å². The van der Waals surface area contributed by atoms with Crippen LogP contribution in [0.15, 0.2) is 61.2 Å². The van der Waals surface area contributed by atoms with Crippen LogP contribution in [0.5, 0.6) is 0 Å². The molecule has 39 heavy (non-hydrogen) atoms. The van der Waals surface area contributed by atoms with E-state index in [1.807, 2.05) is 0 Å². The summed E-state index contributed by atoms with van der Waals surface area (Å²) < 4.78 is 41.0. The number of amides is 1. The molecule has 2 saturated heterocycles. The fraction of sp³-hybridized carbons (Fsp3) is 0.280. The molecule has 0 aliphatic carbocycles. The summed E-state index contributed by atoms with van der Waals surface area (Å²) in [6, 6.07) is 8.31. The Morgan fingerprint density at radius 2 is 1.38 bits per heavy atom. The zero-order chi connectivity index (χ0) is 28.1. The topological polar surface area (TPSA) is 170 Å². The zero-order valence-corrected chi connectivity index (χ0v) is 21.0. The molecule has 2 heterocycles. The Kier molecular flexibility index (Phi) is 8.36. The first kappa shape index (κ1) is 27.5. The van der Waals surface area contributed by atoms with Crippen LogP contribution in [-0.4, -0.2) is 67.0 Å². The average molecular weight is 545 g/mol. The standard InChI is InChI=1S/C25H30F2N8O4/c26-22-9-16(32-11-18(38-24(36)15-32)12-33(30)7-5-28)1-3-20(22)21-4-2-17(10-23(21)27)35-14-19(39-25(35)37)13-34(31)8-6-29/h1-10,18-19H,11-15,28-31H2/b7-5-,8-6-. The molecule has 2 aromatic carbocycles. The number of halogens is 2. The van der Waals surface area contributed by atoms with Crippen LogP contribution in [-0.2, 0) is 14.3 Å². The van der Waals surface area contributed by atoms with Crippen molar-refractivity contribution in [3.8, 4) is 11.1 Å². The van der Waals surface area contributed by atoms with Gasteiger partial charge in [0, 0.05) is 41.6 Å². The minimum absolute atomic E-state index is 0.0106. The second kappa shape index (κ2) is 11.9. The molecule has 208 valence electrons. The summed E-state index contributed by atoms with van der Waals surface area (Å²) >= 11 is 0. The van der Waals surface area contributed by atoms with Gasteiger partial charge in [0.2, 0.25) is 0 Å². The van der Waals surface area contributed by atoms with Crippen LogP contribution in [0, 0.1) is 11.6 Å². The number of nitrogens with zero attached hydrogens (tertiary/aromatic N) is 4. The molecule has 2 unspecified atom stereocenters. The Bertz CT molecular complexity index is 1280. The maximum atomic E-state index is 15.2. The van der Waals surface area contributed by atoms with E-state index in [-0.39, 0.29) is 49.5 Å². The molecule has 0 spiro atoms. The third kappa shape index (κ3) is 6.48. The van der Waals surface area contributed by atoms with Crippen LogP contribution in [0.3, 0.4) is 0 Å². The molecule has 2 aromatic rings. The first-order valence-corrected chi connectivity index (χ1v) is 12.0. The zero-order valence-electron chi connectivity index (χ0n) is 21.0. The number of hydrazine groups is 2. The third-order valence-electron chi connectivity index (χ3n) is 6.17. The van der Waals surface area contributed by atoms with Crippen LogP contribution < -0.4 is 33.0 Å². The van der Waals surface area contributed by atoms with Crippen molar-refractivity contribution in [2.45, 2.75) is 12.2 Å². The van der Waals surface area contributed by atoms with Crippen molar-refractivity contribution in [1.82, 2.24) is 10.0 Å². The molecule has 1 amide bonds. The lowest BCUT2D eigenvalue weighted by molar-refractivity contribution is -0.150. The van der Waals surface area contributed by atoms with E-state index in [9.17, 15) is 9.59 Å². The highest BCUT2D eigenvalue weighted by Crippen LogP contribution is 2.32. The highest BCUT2D eigenvalue weighted by molar-refractivity contribution is 5.90. The number of hydrogen-bond donors (Lipinski definition) is 4. The van der Waals surface area contributed by atoms with E-state index in [4.69, 9.17) is 32.6 Å². The van der Waals surface area contributed by atoms with Crippen LogP contribution in [0.1, 0.15) is 0 Å². The van der Waals surface area contributed by atoms with Gasteiger partial charge in [-0.2, -0.15) is 0 Å². The maximum Gasteiger partial charge on any atom is 0.414 e. The molecule has 0 aromatic heterocycles. The average Bonchev–Trinajstić information content (AvgIpc) is 3.23. The molecule has 12 nitrogen and oxygen atoms in total. The molecule has 2 fully saturated rings. The Balaban J connectivity index is 1.48. The van der Waals surface area contributed by atoms with Gasteiger partial charge in [0.1, 0.15) is 30.4 Å². The van der Waals surface area contributed by atoms with E-state index in [1.54, 1.807) is 11.0 Å². The molecule has 8 N–H and O–H groups in total. The number of rotatable bonds is 9. The molecule has 2 aliphatic rings. The van der Waals surface area contributed by atoms with Gasteiger partial charge in [-0.15, -0.1) is 0 Å². The van der Waals surface area contributed by atoms with Gasteiger partial charge in [0.25, 0.3) is 0 Å². The van der Waals surface area contributed by atoms with Crippen molar-refractivity contribution in [2.75, 3.05) is 42.5 Å². The van der Waals surface area contributed by atoms with Gasteiger partial charge in [-0.05, 0) is 36.4 Å². The van der Waals surface area contributed by atoms with Gasteiger partial charge in [0.15, 0.2) is 0 Å². The number of hydrogen-bond acceptors (Lipinski definition) is 11. The van der Waals surface area contributed by atoms with Crippen molar-refractivity contribution in [3.05, 3.63) is 72.8 Å². The molecule has 2 aliphatic heterocycles. The monoisotopic (exact) mass is 544 g/mol. The number of carbonyl (C=O) groups is 2. The molecule has 4 rings (SSSR count). The number of nitrogens with two attached hydrogens (primary N) is 4. The highest BCUT2D eigenvalue weighted by atomic mass is 19.1. The predicted octanol–water partition coefficient (Wildman–Crippen LogP) is 0.900. The van der Waals surface area contributed by atoms with E-state index in [0.29, 0.717) is 5.69 Å². The molecule has 14 heteroatoms. The van der Waals surface area contributed by atoms with Gasteiger partial charge in [-0.3, -0.25) is 9.69 Å². The Hall–Kier alpha value is -4.56. The summed E-state index contributed by atoms with van der Waals surface area (Å²) in [5.74, 6) is 9.63. The number of anilines is 2. The largest absolute Gasteiger partial charge is 0.457 e. The summed E-state index contributed by atoms with van der Waals surface area (Å²) in [4.78, 5) is 27.4. The predicted molar refractivity (Wildman–Crippen MR) is 140 cm³/mol. The van der Waals surface area contributed by atoms with Gasteiger partial charge < -0.3 is 35.9 Å². The molecule has 0 radical (unpaired) electrons. The number of benzene rings is 2. The first-order valence-electron chi connectivity index (χ1n) is 12.0. The minimum Gasteiger partial charge on any atom is -0.457 e. The molecule has 0 bridgehead atoms. The number of carbonyl (C=O) groups excluding carboxylic acids is 2. The van der Waals surface area contributed by atoms with Gasteiger partial charge >= 0.3 is 12.1 Å². The summed E-state index contributed by atoms with van der Waals surface area (Å²) in [5, 5.41) is 2.56. The highest BCUT2D eigenvalue weighted by Gasteiger charge is 2.33. The van der Waals surface area contributed by atoms with Crippen molar-refractivity contribution in [3.63, 3.8) is 0 Å². The van der Waals surface area contributed by atoms with E-state index in [1.165, 1.54) is 64.0 Å². The second-order valence-corrected chi connectivity index (χ2v) is 9.01. The summed E-state index contributed by atoms with van der Waals surface area (Å²) in [7, 11) is 0. The smallest absolute Gasteiger partial charge is 0.414 e. The second-order valence-electron chi connectivity index (χ2n) is 9.01. The SMILES string of the molecule is N/C=C\N(N)CC1CN(c2ccc(-c3ccc(N4CC(CN(N)/C=C\N)OC4=O)cc3F)c(F)c2)CC(=O)O1. The lowest BCUT2D eigenvalue weighted by atomic mass is 10.0.